The van der Waals surface area contributed by atoms with Crippen LogP contribution in [-0.4, -0.2) is 30.7 Å². The minimum atomic E-state index is -0.882. The van der Waals surface area contributed by atoms with E-state index in [-0.39, 0.29) is 0 Å². The lowest BCUT2D eigenvalue weighted by Crippen LogP contribution is -2.38. The number of ether oxygens (including phenoxy) is 2. The third kappa shape index (κ3) is 1.99. The lowest BCUT2D eigenvalue weighted by atomic mass is 10.1. The second kappa shape index (κ2) is 4.05. The summed E-state index contributed by atoms with van der Waals surface area (Å²) in [6.45, 7) is 4.08. The Morgan fingerprint density at radius 2 is 2.38 bits per heavy atom. The fourth-order valence-corrected chi connectivity index (χ4v) is 1.25. The highest BCUT2D eigenvalue weighted by Crippen LogP contribution is 2.30. The van der Waals surface area contributed by atoms with E-state index in [9.17, 15) is 5.11 Å². The summed E-state index contributed by atoms with van der Waals surface area (Å²) >= 11 is 0. The van der Waals surface area contributed by atoms with Crippen molar-refractivity contribution in [2.24, 2.45) is 0 Å². The third-order valence-corrected chi connectivity index (χ3v) is 2.28. The number of hydrogen-bond donors (Lipinski definition) is 1. The SMILES string of the molecule is C/C=C/C=C1\CO[C@@](C)(OC)[C@H]1O. The number of hydrogen-bond acceptors (Lipinski definition) is 3. The van der Waals surface area contributed by atoms with Crippen LogP contribution in [0.5, 0.6) is 0 Å². The van der Waals surface area contributed by atoms with Gasteiger partial charge < -0.3 is 14.6 Å². The van der Waals surface area contributed by atoms with Crippen molar-refractivity contribution in [1.82, 2.24) is 0 Å². The maximum absolute atomic E-state index is 9.78. The lowest BCUT2D eigenvalue weighted by Gasteiger charge is -2.24. The monoisotopic (exact) mass is 184 g/mol. The predicted octanol–water partition coefficient (Wildman–Crippen LogP) is 1.24. The minimum absolute atomic E-state index is 0.426. The molecule has 3 heteroatoms. The standard InChI is InChI=1S/C10H16O3/c1-4-5-6-8-7-13-10(2,12-3)9(8)11/h4-6,9,11H,7H2,1-3H3/b5-4+,8-6+/t9-,10+/m0/s1. The van der Waals surface area contributed by atoms with Gasteiger partial charge in [-0.1, -0.05) is 18.2 Å². The first-order chi connectivity index (χ1) is 6.14. The number of aliphatic hydroxyl groups is 1. The van der Waals surface area contributed by atoms with Gasteiger partial charge in [0.05, 0.1) is 6.61 Å². The van der Waals surface area contributed by atoms with Crippen molar-refractivity contribution < 1.29 is 14.6 Å². The zero-order chi connectivity index (χ0) is 9.90. The second-order valence-corrected chi connectivity index (χ2v) is 3.18. The van der Waals surface area contributed by atoms with E-state index >= 15 is 0 Å². The van der Waals surface area contributed by atoms with Crippen LogP contribution in [0.15, 0.2) is 23.8 Å². The largest absolute Gasteiger partial charge is 0.383 e. The summed E-state index contributed by atoms with van der Waals surface area (Å²) in [6, 6.07) is 0. The van der Waals surface area contributed by atoms with E-state index in [1.165, 1.54) is 7.11 Å². The van der Waals surface area contributed by atoms with Crippen molar-refractivity contribution in [2.75, 3.05) is 13.7 Å². The molecular formula is C10H16O3. The first-order valence-electron chi connectivity index (χ1n) is 4.33. The highest BCUT2D eigenvalue weighted by molar-refractivity contribution is 5.22. The fourth-order valence-electron chi connectivity index (χ4n) is 1.25. The summed E-state index contributed by atoms with van der Waals surface area (Å²) in [6.07, 6.45) is 4.97. The zero-order valence-corrected chi connectivity index (χ0v) is 8.28. The lowest BCUT2D eigenvalue weighted by molar-refractivity contribution is -0.217. The molecule has 0 bridgehead atoms. The van der Waals surface area contributed by atoms with Gasteiger partial charge in [-0.25, -0.2) is 0 Å². The molecule has 2 atom stereocenters. The summed E-state index contributed by atoms with van der Waals surface area (Å²) in [5.41, 5.74) is 0.849. The van der Waals surface area contributed by atoms with Crippen molar-refractivity contribution in [3.8, 4) is 0 Å². The Balaban J connectivity index is 2.75. The average Bonchev–Trinajstić information content (AvgIpc) is 2.43. The highest BCUT2D eigenvalue weighted by atomic mass is 16.7. The molecule has 0 unspecified atom stereocenters. The van der Waals surface area contributed by atoms with Crippen LogP contribution in [0, 0.1) is 0 Å². The Hall–Kier alpha value is -0.640. The van der Waals surface area contributed by atoms with Crippen molar-refractivity contribution in [3.63, 3.8) is 0 Å². The first-order valence-corrected chi connectivity index (χ1v) is 4.33. The molecule has 0 aromatic carbocycles. The van der Waals surface area contributed by atoms with E-state index in [4.69, 9.17) is 9.47 Å². The minimum Gasteiger partial charge on any atom is -0.383 e. The Morgan fingerprint density at radius 1 is 1.69 bits per heavy atom. The fraction of sp³-hybridized carbons (Fsp3) is 0.600. The van der Waals surface area contributed by atoms with Gasteiger partial charge in [-0.3, -0.25) is 0 Å². The van der Waals surface area contributed by atoms with Gasteiger partial charge in [-0.05, 0) is 19.4 Å². The third-order valence-electron chi connectivity index (χ3n) is 2.28. The summed E-state index contributed by atoms with van der Waals surface area (Å²) < 4.78 is 10.4. The van der Waals surface area contributed by atoms with Gasteiger partial charge in [0.15, 0.2) is 5.79 Å². The summed E-state index contributed by atoms with van der Waals surface area (Å²) in [4.78, 5) is 0. The second-order valence-electron chi connectivity index (χ2n) is 3.18. The van der Waals surface area contributed by atoms with Gasteiger partial charge in [0.1, 0.15) is 6.10 Å². The summed E-state index contributed by atoms with van der Waals surface area (Å²) in [7, 11) is 1.53. The molecule has 1 N–H and O–H groups in total. The molecule has 0 radical (unpaired) electrons. The Labute approximate surface area is 78.7 Å². The molecule has 1 fully saturated rings. The molecule has 0 amide bonds. The molecule has 74 valence electrons. The number of allylic oxidation sites excluding steroid dienone is 3. The van der Waals surface area contributed by atoms with Gasteiger partial charge in [-0.15, -0.1) is 0 Å². The average molecular weight is 184 g/mol. The quantitative estimate of drug-likeness (QED) is 0.701. The molecule has 3 nitrogen and oxygen atoms in total. The van der Waals surface area contributed by atoms with Crippen LogP contribution in [-0.2, 0) is 9.47 Å². The summed E-state index contributed by atoms with van der Waals surface area (Å²) in [5.74, 6) is -0.882. The molecule has 0 aromatic heterocycles. The van der Waals surface area contributed by atoms with Crippen LogP contribution < -0.4 is 0 Å². The molecule has 1 heterocycles. The van der Waals surface area contributed by atoms with Gasteiger partial charge in [0.2, 0.25) is 0 Å². The van der Waals surface area contributed by atoms with Crippen LogP contribution in [0.1, 0.15) is 13.8 Å². The van der Waals surface area contributed by atoms with Gasteiger partial charge in [0.25, 0.3) is 0 Å². The highest BCUT2D eigenvalue weighted by Gasteiger charge is 2.42. The van der Waals surface area contributed by atoms with E-state index in [2.05, 4.69) is 0 Å². The van der Waals surface area contributed by atoms with Gasteiger partial charge in [0, 0.05) is 7.11 Å². The first kappa shape index (κ1) is 10.4. The molecule has 1 saturated heterocycles. The Morgan fingerprint density at radius 3 is 2.85 bits per heavy atom. The van der Waals surface area contributed by atoms with E-state index in [1.807, 2.05) is 25.2 Å². The molecule has 0 spiro atoms. The van der Waals surface area contributed by atoms with Crippen molar-refractivity contribution in [1.29, 1.82) is 0 Å². The predicted molar refractivity (Wildman–Crippen MR) is 50.3 cm³/mol. The van der Waals surface area contributed by atoms with Crippen LogP contribution in [0.25, 0.3) is 0 Å². The zero-order valence-electron chi connectivity index (χ0n) is 8.28. The van der Waals surface area contributed by atoms with Crippen LogP contribution in [0.4, 0.5) is 0 Å². The Bertz CT molecular complexity index is 232. The normalized spacial score (nSPS) is 37.8. The molecule has 1 aliphatic rings. The maximum Gasteiger partial charge on any atom is 0.195 e. The smallest absolute Gasteiger partial charge is 0.195 e. The van der Waals surface area contributed by atoms with E-state index in [0.29, 0.717) is 6.61 Å². The summed E-state index contributed by atoms with van der Waals surface area (Å²) in [5, 5.41) is 9.78. The topological polar surface area (TPSA) is 38.7 Å². The molecule has 13 heavy (non-hydrogen) atoms. The van der Waals surface area contributed by atoms with Crippen molar-refractivity contribution >= 4 is 0 Å². The van der Waals surface area contributed by atoms with Crippen LogP contribution in [0.3, 0.4) is 0 Å². The van der Waals surface area contributed by atoms with Gasteiger partial charge >= 0.3 is 0 Å². The van der Waals surface area contributed by atoms with Gasteiger partial charge in [-0.2, -0.15) is 0 Å². The van der Waals surface area contributed by atoms with Crippen LogP contribution >= 0.6 is 0 Å². The van der Waals surface area contributed by atoms with E-state index in [0.717, 1.165) is 5.57 Å². The van der Waals surface area contributed by atoms with Crippen molar-refractivity contribution in [3.05, 3.63) is 23.8 Å². The molecule has 1 aliphatic heterocycles. The molecule has 0 aliphatic carbocycles. The molecule has 0 saturated carbocycles. The Kier molecular flexibility index (Phi) is 3.25. The molecule has 0 aromatic rings. The van der Waals surface area contributed by atoms with E-state index in [1.54, 1.807) is 6.92 Å². The van der Waals surface area contributed by atoms with E-state index < -0.39 is 11.9 Å². The number of methoxy groups -OCH3 is 1. The van der Waals surface area contributed by atoms with Crippen LogP contribution in [0.2, 0.25) is 0 Å². The molecule has 1 rings (SSSR count). The number of rotatable bonds is 2. The van der Waals surface area contributed by atoms with Crippen molar-refractivity contribution in [2.45, 2.75) is 25.7 Å². The number of aliphatic hydroxyl groups excluding tert-OH is 1. The molecular weight excluding hydrogens is 168 g/mol. The maximum atomic E-state index is 9.78.